The highest BCUT2D eigenvalue weighted by Gasteiger charge is 2.15. The Bertz CT molecular complexity index is 714. The fraction of sp³-hybridized carbons (Fsp3) is 0. The van der Waals surface area contributed by atoms with Gasteiger partial charge in [0.1, 0.15) is 11.6 Å². The Hall–Kier alpha value is -3.21. The van der Waals surface area contributed by atoms with Gasteiger partial charge in [-0.1, -0.05) is 0 Å². The molecule has 1 aromatic heterocycles. The van der Waals surface area contributed by atoms with Crippen molar-refractivity contribution in [2.24, 2.45) is 0 Å². The highest BCUT2D eigenvalue weighted by molar-refractivity contribution is 5.87. The van der Waals surface area contributed by atoms with Gasteiger partial charge in [-0.2, -0.15) is 10.4 Å². The molecule has 0 radical (unpaired) electrons. The second-order valence-electron chi connectivity index (χ2n) is 3.55. The summed E-state index contributed by atoms with van der Waals surface area (Å²) in [5.41, 5.74) is -0.0711. The van der Waals surface area contributed by atoms with E-state index in [0.29, 0.717) is 5.69 Å². The molecule has 1 aromatic carbocycles. The minimum absolute atomic E-state index is 0.0168. The van der Waals surface area contributed by atoms with Gasteiger partial charge in [0.2, 0.25) is 0 Å². The van der Waals surface area contributed by atoms with Gasteiger partial charge in [-0.15, -0.1) is 0 Å². The smallest absolute Gasteiger partial charge is 0.338 e. The van der Waals surface area contributed by atoms with E-state index in [-0.39, 0.29) is 16.8 Å². The molecule has 94 valence electrons. The normalized spacial score (nSPS) is 9.84. The van der Waals surface area contributed by atoms with E-state index in [0.717, 1.165) is 6.20 Å². The molecule has 0 spiro atoms. The first kappa shape index (κ1) is 12.3. The van der Waals surface area contributed by atoms with E-state index >= 15 is 0 Å². The summed E-state index contributed by atoms with van der Waals surface area (Å²) in [6.45, 7) is 0. The number of carboxylic acid groups (broad SMARTS) is 1. The number of carboxylic acids is 1. The molecule has 0 aliphatic rings. The van der Waals surface area contributed by atoms with Crippen LogP contribution in [0, 0.1) is 21.4 Å². The molecule has 0 saturated heterocycles. The van der Waals surface area contributed by atoms with Crippen LogP contribution in [0.2, 0.25) is 0 Å². The lowest BCUT2D eigenvalue weighted by molar-refractivity contribution is -0.385. The molecule has 0 saturated carbocycles. The second-order valence-corrected chi connectivity index (χ2v) is 3.55. The maximum Gasteiger partial charge on any atom is 0.338 e. The number of rotatable bonds is 3. The fourth-order valence-corrected chi connectivity index (χ4v) is 1.49. The number of aromatic carboxylic acids is 1. The molecule has 8 nitrogen and oxygen atoms in total. The highest BCUT2D eigenvalue weighted by Crippen LogP contribution is 2.21. The van der Waals surface area contributed by atoms with Gasteiger partial charge >= 0.3 is 5.97 Å². The van der Waals surface area contributed by atoms with Gasteiger partial charge < -0.3 is 5.11 Å². The van der Waals surface area contributed by atoms with Crippen LogP contribution in [-0.4, -0.2) is 25.8 Å². The van der Waals surface area contributed by atoms with Crippen LogP contribution < -0.4 is 0 Å². The van der Waals surface area contributed by atoms with Crippen molar-refractivity contribution in [2.45, 2.75) is 0 Å². The second kappa shape index (κ2) is 4.58. The highest BCUT2D eigenvalue weighted by atomic mass is 16.6. The van der Waals surface area contributed by atoms with Crippen molar-refractivity contribution in [3.63, 3.8) is 0 Å². The molecule has 19 heavy (non-hydrogen) atoms. The fourth-order valence-electron chi connectivity index (χ4n) is 1.49. The number of nitro groups is 1. The summed E-state index contributed by atoms with van der Waals surface area (Å²) in [7, 11) is 0. The molecule has 1 heterocycles. The van der Waals surface area contributed by atoms with Crippen LogP contribution >= 0.6 is 0 Å². The lowest BCUT2D eigenvalue weighted by atomic mass is 10.2. The van der Waals surface area contributed by atoms with E-state index in [9.17, 15) is 14.9 Å². The Kier molecular flexibility index (Phi) is 2.95. The predicted octanol–water partition coefficient (Wildman–Crippen LogP) is 1.35. The lowest BCUT2D eigenvalue weighted by Crippen LogP contribution is -1.98. The number of nitro benzene ring substituents is 1. The van der Waals surface area contributed by atoms with Crippen molar-refractivity contribution in [3.8, 4) is 11.8 Å². The van der Waals surface area contributed by atoms with Crippen LogP contribution in [0.1, 0.15) is 15.9 Å². The van der Waals surface area contributed by atoms with E-state index in [1.165, 1.54) is 29.1 Å². The van der Waals surface area contributed by atoms with Gasteiger partial charge in [-0.3, -0.25) is 10.1 Å². The van der Waals surface area contributed by atoms with Crippen molar-refractivity contribution >= 4 is 11.7 Å². The van der Waals surface area contributed by atoms with Crippen LogP contribution in [0.25, 0.3) is 5.69 Å². The van der Waals surface area contributed by atoms with Crippen molar-refractivity contribution in [1.82, 2.24) is 9.78 Å². The largest absolute Gasteiger partial charge is 0.478 e. The van der Waals surface area contributed by atoms with Crippen LogP contribution in [-0.2, 0) is 0 Å². The summed E-state index contributed by atoms with van der Waals surface area (Å²) in [4.78, 5) is 20.7. The quantitative estimate of drug-likeness (QED) is 0.654. The third-order valence-electron chi connectivity index (χ3n) is 2.39. The molecule has 0 amide bonds. The first-order chi connectivity index (χ1) is 9.02. The standard InChI is InChI=1S/C11H6N4O4/c12-4-7-3-9(1-2-10(7)15(18)19)14-6-8(5-13-14)11(16)17/h1-3,5-6H,(H,16,17). The number of carbonyl (C=O) groups is 1. The number of benzene rings is 1. The predicted molar refractivity (Wildman–Crippen MR) is 61.9 cm³/mol. The lowest BCUT2D eigenvalue weighted by Gasteiger charge is -2.01. The van der Waals surface area contributed by atoms with E-state index in [1.807, 2.05) is 0 Å². The first-order valence-electron chi connectivity index (χ1n) is 5.00. The van der Waals surface area contributed by atoms with Gasteiger partial charge in [-0.05, 0) is 12.1 Å². The minimum atomic E-state index is -1.13. The zero-order chi connectivity index (χ0) is 14.0. The third kappa shape index (κ3) is 2.25. The first-order valence-corrected chi connectivity index (χ1v) is 5.00. The molecule has 0 aliphatic carbocycles. The van der Waals surface area contributed by atoms with Gasteiger partial charge in [-0.25, -0.2) is 9.48 Å². The zero-order valence-electron chi connectivity index (χ0n) is 9.35. The molecule has 2 aromatic rings. The molecule has 8 heteroatoms. The van der Waals surface area contributed by atoms with Gasteiger partial charge in [0.25, 0.3) is 5.69 Å². The Morgan fingerprint density at radius 1 is 1.53 bits per heavy atom. The molecule has 0 bridgehead atoms. The monoisotopic (exact) mass is 258 g/mol. The van der Waals surface area contributed by atoms with Crippen molar-refractivity contribution in [3.05, 3.63) is 51.8 Å². The van der Waals surface area contributed by atoms with Gasteiger partial charge in [0.15, 0.2) is 0 Å². The summed E-state index contributed by atoms with van der Waals surface area (Å²) >= 11 is 0. The Morgan fingerprint density at radius 3 is 2.79 bits per heavy atom. The van der Waals surface area contributed by atoms with Crippen molar-refractivity contribution in [1.29, 1.82) is 5.26 Å². The van der Waals surface area contributed by atoms with Crippen molar-refractivity contribution in [2.75, 3.05) is 0 Å². The SMILES string of the molecule is N#Cc1cc(-n2cc(C(=O)O)cn2)ccc1[N+](=O)[O-]. The number of aromatic nitrogens is 2. The molecular weight excluding hydrogens is 252 g/mol. The van der Waals surface area contributed by atoms with Gasteiger partial charge in [0.05, 0.1) is 22.4 Å². The molecule has 0 fully saturated rings. The average Bonchev–Trinajstić information content (AvgIpc) is 2.87. The molecule has 0 aliphatic heterocycles. The molecule has 0 unspecified atom stereocenters. The Labute approximate surface area is 106 Å². The molecule has 2 rings (SSSR count). The number of nitrogens with zero attached hydrogens (tertiary/aromatic N) is 4. The summed E-state index contributed by atoms with van der Waals surface area (Å²) in [6.07, 6.45) is 2.40. The molecule has 0 atom stereocenters. The van der Waals surface area contributed by atoms with E-state index in [2.05, 4.69) is 5.10 Å². The van der Waals surface area contributed by atoms with Crippen LogP contribution in [0.5, 0.6) is 0 Å². The maximum absolute atomic E-state index is 10.7. The minimum Gasteiger partial charge on any atom is -0.478 e. The summed E-state index contributed by atoms with van der Waals surface area (Å²) in [6, 6.07) is 5.56. The average molecular weight is 258 g/mol. The van der Waals surface area contributed by atoms with Crippen molar-refractivity contribution < 1.29 is 14.8 Å². The summed E-state index contributed by atoms with van der Waals surface area (Å²) in [5.74, 6) is -1.13. The number of nitriles is 1. The van der Waals surface area contributed by atoms with E-state index in [1.54, 1.807) is 6.07 Å². The maximum atomic E-state index is 10.7. The molecule has 1 N–H and O–H groups in total. The summed E-state index contributed by atoms with van der Waals surface area (Å²) < 4.78 is 1.23. The number of hydrogen-bond acceptors (Lipinski definition) is 5. The van der Waals surface area contributed by atoms with Crippen LogP contribution in [0.3, 0.4) is 0 Å². The topological polar surface area (TPSA) is 122 Å². The Morgan fingerprint density at radius 2 is 2.26 bits per heavy atom. The van der Waals surface area contributed by atoms with E-state index in [4.69, 9.17) is 10.4 Å². The number of hydrogen-bond donors (Lipinski definition) is 1. The van der Waals surface area contributed by atoms with Crippen LogP contribution in [0.15, 0.2) is 30.6 Å². The van der Waals surface area contributed by atoms with Gasteiger partial charge in [0, 0.05) is 12.3 Å². The third-order valence-corrected chi connectivity index (χ3v) is 2.39. The Balaban J connectivity index is 2.49. The van der Waals surface area contributed by atoms with E-state index < -0.39 is 10.9 Å². The summed E-state index contributed by atoms with van der Waals surface area (Å²) in [5, 5.41) is 32.1. The molecular formula is C11H6N4O4. The zero-order valence-corrected chi connectivity index (χ0v) is 9.35. The van der Waals surface area contributed by atoms with Crippen LogP contribution in [0.4, 0.5) is 5.69 Å².